The maximum absolute atomic E-state index is 12.0. The second-order valence-electron chi connectivity index (χ2n) is 3.50. The van der Waals surface area contributed by atoms with Crippen LogP contribution in [0.25, 0.3) is 0 Å². The van der Waals surface area contributed by atoms with Gasteiger partial charge in [0, 0.05) is 24.0 Å². The minimum absolute atomic E-state index is 0.101. The van der Waals surface area contributed by atoms with E-state index < -0.39 is 22.1 Å². The van der Waals surface area contributed by atoms with Crippen molar-refractivity contribution in [1.82, 2.24) is 4.98 Å². The number of nitro benzene ring substituents is 1. The van der Waals surface area contributed by atoms with Crippen LogP contribution in [0.5, 0.6) is 5.75 Å². The van der Waals surface area contributed by atoms with Gasteiger partial charge >= 0.3 is 5.69 Å². The summed E-state index contributed by atoms with van der Waals surface area (Å²) in [6, 6.07) is 6.78. The van der Waals surface area contributed by atoms with Crippen LogP contribution in [0.1, 0.15) is 15.9 Å². The van der Waals surface area contributed by atoms with Crippen molar-refractivity contribution in [2.75, 3.05) is 0 Å². The predicted octanol–water partition coefficient (Wildman–Crippen LogP) is 1.93. The normalized spacial score (nSPS) is 10.0. The number of rotatable bonds is 3. The van der Waals surface area contributed by atoms with Gasteiger partial charge in [-0.25, -0.2) is 0 Å². The van der Waals surface area contributed by atoms with E-state index in [4.69, 9.17) is 0 Å². The van der Waals surface area contributed by atoms with Crippen molar-refractivity contribution in [3.05, 3.63) is 64.0 Å². The van der Waals surface area contributed by atoms with Gasteiger partial charge in [0.2, 0.25) is 5.75 Å². The molecule has 0 aliphatic carbocycles. The molecule has 2 rings (SSSR count). The zero-order chi connectivity index (χ0) is 13.1. The van der Waals surface area contributed by atoms with Crippen LogP contribution in [0.3, 0.4) is 0 Å². The second-order valence-corrected chi connectivity index (χ2v) is 3.50. The maximum Gasteiger partial charge on any atom is 0.311 e. The highest BCUT2D eigenvalue weighted by atomic mass is 16.6. The van der Waals surface area contributed by atoms with Crippen molar-refractivity contribution in [2.24, 2.45) is 0 Å². The molecule has 0 fully saturated rings. The van der Waals surface area contributed by atoms with Crippen LogP contribution in [-0.4, -0.2) is 20.8 Å². The fourth-order valence-corrected chi connectivity index (χ4v) is 1.52. The van der Waals surface area contributed by atoms with Gasteiger partial charge in [-0.3, -0.25) is 19.9 Å². The van der Waals surface area contributed by atoms with Gasteiger partial charge in [-0.1, -0.05) is 6.07 Å². The molecule has 0 saturated carbocycles. The number of benzene rings is 1. The molecular formula is C12H8N2O4. The number of hydrogen-bond donors (Lipinski definition) is 1. The number of nitrogens with zero attached hydrogens (tertiary/aromatic N) is 2. The van der Waals surface area contributed by atoms with Gasteiger partial charge < -0.3 is 5.11 Å². The van der Waals surface area contributed by atoms with Crippen LogP contribution in [0.4, 0.5) is 5.69 Å². The first-order chi connectivity index (χ1) is 8.61. The summed E-state index contributed by atoms with van der Waals surface area (Å²) in [7, 11) is 0. The summed E-state index contributed by atoms with van der Waals surface area (Å²) in [6.45, 7) is 0. The average molecular weight is 244 g/mol. The summed E-state index contributed by atoms with van der Waals surface area (Å²) in [5.74, 6) is -1.11. The highest BCUT2D eigenvalue weighted by Crippen LogP contribution is 2.30. The largest absolute Gasteiger partial charge is 0.502 e. The van der Waals surface area contributed by atoms with Gasteiger partial charge in [-0.15, -0.1) is 0 Å². The molecule has 6 nitrogen and oxygen atoms in total. The zero-order valence-corrected chi connectivity index (χ0v) is 9.11. The van der Waals surface area contributed by atoms with Gasteiger partial charge in [-0.2, -0.15) is 0 Å². The van der Waals surface area contributed by atoms with E-state index in [0.717, 1.165) is 6.07 Å². The number of carbonyl (C=O) groups excluding carboxylic acids is 1. The number of phenolic OH excluding ortho intramolecular Hbond substituents is 1. The quantitative estimate of drug-likeness (QED) is 0.505. The predicted molar refractivity (Wildman–Crippen MR) is 62.4 cm³/mol. The smallest absolute Gasteiger partial charge is 0.311 e. The molecule has 0 unspecified atom stereocenters. The van der Waals surface area contributed by atoms with Gasteiger partial charge in [0.05, 0.1) is 10.5 Å². The molecule has 1 aromatic carbocycles. The first-order valence-electron chi connectivity index (χ1n) is 5.02. The van der Waals surface area contributed by atoms with E-state index in [1.54, 1.807) is 0 Å². The third-order valence-electron chi connectivity index (χ3n) is 2.40. The summed E-state index contributed by atoms with van der Waals surface area (Å²) < 4.78 is 0. The molecule has 1 heterocycles. The lowest BCUT2D eigenvalue weighted by Gasteiger charge is -2.03. The topological polar surface area (TPSA) is 93.3 Å². The van der Waals surface area contributed by atoms with E-state index in [9.17, 15) is 20.0 Å². The number of para-hydroxylation sites is 1. The fourth-order valence-electron chi connectivity index (χ4n) is 1.52. The molecule has 0 bridgehead atoms. The minimum atomic E-state index is -0.737. The van der Waals surface area contributed by atoms with Gasteiger partial charge in [-0.05, 0) is 18.2 Å². The van der Waals surface area contributed by atoms with E-state index in [0.29, 0.717) is 5.56 Å². The Morgan fingerprint density at radius 3 is 2.50 bits per heavy atom. The Morgan fingerprint density at radius 1 is 1.22 bits per heavy atom. The molecule has 0 atom stereocenters. The summed E-state index contributed by atoms with van der Waals surface area (Å²) in [5.41, 5.74) is -0.286. The molecule has 6 heteroatoms. The van der Waals surface area contributed by atoms with Crippen molar-refractivity contribution in [2.45, 2.75) is 0 Å². The molecule has 2 aromatic rings. The van der Waals surface area contributed by atoms with Crippen molar-refractivity contribution in [1.29, 1.82) is 0 Å². The van der Waals surface area contributed by atoms with Gasteiger partial charge in [0.15, 0.2) is 5.78 Å². The molecule has 0 radical (unpaired) electrons. The first-order valence-corrected chi connectivity index (χ1v) is 5.02. The Kier molecular flexibility index (Phi) is 3.01. The van der Waals surface area contributed by atoms with Crippen LogP contribution in [-0.2, 0) is 0 Å². The number of nitro groups is 1. The van der Waals surface area contributed by atoms with E-state index >= 15 is 0 Å². The van der Waals surface area contributed by atoms with Crippen LogP contribution >= 0.6 is 0 Å². The maximum atomic E-state index is 12.0. The SMILES string of the molecule is O=C(c1ccncc1)c1cccc([N+](=O)[O-])c1O. The van der Waals surface area contributed by atoms with E-state index in [2.05, 4.69) is 4.98 Å². The van der Waals surface area contributed by atoms with Crippen LogP contribution in [0.15, 0.2) is 42.7 Å². The minimum Gasteiger partial charge on any atom is -0.502 e. The summed E-state index contributed by atoms with van der Waals surface area (Å²) >= 11 is 0. The Balaban J connectivity index is 2.50. The number of hydrogen-bond acceptors (Lipinski definition) is 5. The van der Waals surface area contributed by atoms with Crippen molar-refractivity contribution in [3.63, 3.8) is 0 Å². The molecule has 0 spiro atoms. The number of aromatic hydroxyl groups is 1. The van der Waals surface area contributed by atoms with E-state index in [1.165, 1.54) is 36.7 Å². The lowest BCUT2D eigenvalue weighted by Crippen LogP contribution is -2.03. The molecule has 1 aromatic heterocycles. The van der Waals surface area contributed by atoms with Crippen molar-refractivity contribution < 1.29 is 14.8 Å². The van der Waals surface area contributed by atoms with Crippen LogP contribution in [0, 0.1) is 10.1 Å². The number of ketones is 1. The van der Waals surface area contributed by atoms with Crippen LogP contribution < -0.4 is 0 Å². The monoisotopic (exact) mass is 244 g/mol. The molecular weight excluding hydrogens is 236 g/mol. The third-order valence-corrected chi connectivity index (χ3v) is 2.40. The highest BCUT2D eigenvalue weighted by molar-refractivity contribution is 6.11. The van der Waals surface area contributed by atoms with E-state index in [1.807, 2.05) is 0 Å². The molecule has 0 aliphatic rings. The van der Waals surface area contributed by atoms with E-state index in [-0.39, 0.29) is 5.56 Å². The summed E-state index contributed by atoms with van der Waals surface area (Å²) in [6.07, 6.45) is 2.86. The Bertz CT molecular complexity index is 611. The van der Waals surface area contributed by atoms with Crippen molar-refractivity contribution in [3.8, 4) is 5.75 Å². The third kappa shape index (κ3) is 2.03. The first kappa shape index (κ1) is 11.7. The Hall–Kier alpha value is -2.76. The second kappa shape index (κ2) is 4.62. The fraction of sp³-hybridized carbons (Fsp3) is 0. The van der Waals surface area contributed by atoms with Crippen LogP contribution in [0.2, 0.25) is 0 Å². The highest BCUT2D eigenvalue weighted by Gasteiger charge is 2.21. The lowest BCUT2D eigenvalue weighted by molar-refractivity contribution is -0.385. The zero-order valence-electron chi connectivity index (χ0n) is 9.11. The molecule has 0 aliphatic heterocycles. The number of phenols is 1. The standard InChI is InChI=1S/C12H8N2O4/c15-11(8-4-6-13-7-5-8)9-2-1-3-10(12(9)16)14(17)18/h1-7,16H. The Labute approximate surface area is 102 Å². The molecule has 18 heavy (non-hydrogen) atoms. The average Bonchev–Trinajstić information content (AvgIpc) is 2.39. The number of aromatic nitrogens is 1. The summed E-state index contributed by atoms with van der Waals surface area (Å²) in [4.78, 5) is 25.7. The number of carbonyl (C=O) groups is 1. The molecule has 90 valence electrons. The Morgan fingerprint density at radius 2 is 1.89 bits per heavy atom. The molecule has 1 N–H and O–H groups in total. The van der Waals surface area contributed by atoms with Crippen molar-refractivity contribution >= 4 is 11.5 Å². The molecule has 0 saturated heterocycles. The molecule has 0 amide bonds. The summed E-state index contributed by atoms with van der Waals surface area (Å²) in [5, 5.41) is 20.4. The lowest BCUT2D eigenvalue weighted by atomic mass is 10.0. The van der Waals surface area contributed by atoms with Gasteiger partial charge in [0.1, 0.15) is 0 Å². The van der Waals surface area contributed by atoms with Gasteiger partial charge in [0.25, 0.3) is 0 Å². The number of pyridine rings is 1.